The molecule has 4 rings (SSSR count). The Bertz CT molecular complexity index is 925. The van der Waals surface area contributed by atoms with Crippen LogP contribution in [0.25, 0.3) is 0 Å². The van der Waals surface area contributed by atoms with Crippen LogP contribution >= 0.6 is 0 Å². The molecule has 0 bridgehead atoms. The lowest BCUT2D eigenvalue weighted by molar-refractivity contribution is -0.141. The minimum Gasteiger partial charge on any atom is -0.278 e. The van der Waals surface area contributed by atoms with Crippen LogP contribution in [0.3, 0.4) is 0 Å². The molecule has 2 fully saturated rings. The molecule has 1 spiro atoms. The number of nitrogens with zero attached hydrogens (tertiary/aromatic N) is 1. The maximum absolute atomic E-state index is 13.3. The molecule has 1 aliphatic heterocycles. The molecule has 2 aliphatic rings. The molecule has 1 heterocycles. The predicted molar refractivity (Wildman–Crippen MR) is 87.8 cm³/mol. The van der Waals surface area contributed by atoms with E-state index in [0.29, 0.717) is 6.07 Å². The van der Waals surface area contributed by atoms with Gasteiger partial charge in [-0.15, -0.1) is 0 Å². The van der Waals surface area contributed by atoms with Crippen molar-refractivity contribution in [2.75, 3.05) is 0 Å². The average molecular weight is 377 g/mol. The molecule has 1 saturated carbocycles. The molecule has 0 radical (unpaired) electrons. The molecule has 1 saturated heterocycles. The predicted octanol–water partition coefficient (Wildman–Crippen LogP) is 4.28. The second kappa shape index (κ2) is 5.90. The molecule has 1 aliphatic carbocycles. The lowest BCUT2D eigenvalue weighted by Crippen LogP contribution is -2.31. The number of hydrogen-bond acceptors (Lipinski definition) is 2. The number of alkyl halides is 3. The number of halogens is 4. The third-order valence-electron chi connectivity index (χ3n) is 5.39. The van der Waals surface area contributed by atoms with E-state index in [2.05, 4.69) is 0 Å². The Morgan fingerprint density at radius 3 is 2.44 bits per heavy atom. The largest absolute Gasteiger partial charge is 0.416 e. The number of amides is 2. The molecular weight excluding hydrogens is 362 g/mol. The third-order valence-corrected chi connectivity index (χ3v) is 5.39. The lowest BCUT2D eigenvalue weighted by Gasteiger charge is -2.16. The van der Waals surface area contributed by atoms with Crippen molar-refractivity contribution in [2.45, 2.75) is 31.5 Å². The van der Waals surface area contributed by atoms with Crippen LogP contribution in [0.1, 0.15) is 35.4 Å². The Labute approximate surface area is 152 Å². The van der Waals surface area contributed by atoms with Crippen LogP contribution < -0.4 is 0 Å². The summed E-state index contributed by atoms with van der Waals surface area (Å²) in [7, 11) is 0. The molecule has 0 N–H and O–H groups in total. The molecular formula is C20H15F4NO2. The van der Waals surface area contributed by atoms with E-state index in [1.165, 1.54) is 0 Å². The van der Waals surface area contributed by atoms with Crippen LogP contribution in [0.5, 0.6) is 0 Å². The van der Waals surface area contributed by atoms with E-state index in [-0.39, 0.29) is 30.9 Å². The zero-order valence-corrected chi connectivity index (χ0v) is 14.1. The van der Waals surface area contributed by atoms with Gasteiger partial charge in [-0.05, 0) is 29.7 Å². The zero-order valence-electron chi connectivity index (χ0n) is 14.1. The molecule has 0 unspecified atom stereocenters. The molecule has 7 heteroatoms. The fraction of sp³-hybridized carbons (Fsp3) is 0.300. The summed E-state index contributed by atoms with van der Waals surface area (Å²) in [4.78, 5) is 26.4. The highest BCUT2D eigenvalue weighted by molar-refractivity contribution is 6.08. The number of rotatable bonds is 3. The first-order chi connectivity index (χ1) is 12.7. The van der Waals surface area contributed by atoms with Crippen LogP contribution in [0.2, 0.25) is 0 Å². The molecule has 2 amide bonds. The smallest absolute Gasteiger partial charge is 0.278 e. The Morgan fingerprint density at radius 2 is 1.78 bits per heavy atom. The number of carbonyl (C=O) groups excluding carboxylic acids is 2. The minimum absolute atomic E-state index is 0.0997. The first-order valence-electron chi connectivity index (χ1n) is 8.48. The van der Waals surface area contributed by atoms with Crippen molar-refractivity contribution in [3.05, 3.63) is 71.0 Å². The van der Waals surface area contributed by atoms with Gasteiger partial charge in [0.1, 0.15) is 5.82 Å². The monoisotopic (exact) mass is 377 g/mol. The highest BCUT2D eigenvalue weighted by atomic mass is 19.4. The van der Waals surface area contributed by atoms with Gasteiger partial charge in [0.05, 0.1) is 17.5 Å². The fourth-order valence-electron chi connectivity index (χ4n) is 3.97. The average Bonchev–Trinajstić information content (AvgIpc) is 3.28. The van der Waals surface area contributed by atoms with E-state index in [1.807, 2.05) is 6.07 Å². The van der Waals surface area contributed by atoms with E-state index >= 15 is 0 Å². The second-order valence-electron chi connectivity index (χ2n) is 7.09. The highest BCUT2D eigenvalue weighted by Crippen LogP contribution is 2.66. The minimum atomic E-state index is -4.73. The summed E-state index contributed by atoms with van der Waals surface area (Å²) in [6, 6.07) is 11.4. The summed E-state index contributed by atoms with van der Waals surface area (Å²) in [5, 5.41) is 0. The maximum atomic E-state index is 13.3. The number of hydrogen-bond donors (Lipinski definition) is 0. The van der Waals surface area contributed by atoms with E-state index < -0.39 is 34.8 Å². The quantitative estimate of drug-likeness (QED) is 0.592. The van der Waals surface area contributed by atoms with Gasteiger partial charge in [-0.3, -0.25) is 14.5 Å². The topological polar surface area (TPSA) is 37.4 Å². The van der Waals surface area contributed by atoms with E-state index in [1.54, 1.807) is 24.3 Å². The van der Waals surface area contributed by atoms with Gasteiger partial charge in [0.15, 0.2) is 0 Å². The summed E-state index contributed by atoms with van der Waals surface area (Å²) in [6.45, 7) is 0.0997. The number of imide groups is 1. The van der Waals surface area contributed by atoms with E-state index in [4.69, 9.17) is 0 Å². The van der Waals surface area contributed by atoms with Crippen LogP contribution in [0.15, 0.2) is 48.5 Å². The first-order valence-corrected chi connectivity index (χ1v) is 8.48. The molecule has 3 nitrogen and oxygen atoms in total. The van der Waals surface area contributed by atoms with Gasteiger partial charge in [0, 0.05) is 12.3 Å². The standard InChI is InChI=1S/C20H15F4NO2/c21-13-6-7-14(15(8-13)20(22,23)24)16-9-19(16)10-17(26)25(18(19)27)11-12-4-2-1-3-5-12/h1-8,16H,9-11H2/t16-,19-/m0/s1. The summed E-state index contributed by atoms with van der Waals surface area (Å²) in [6.07, 6.45) is -4.67. The molecule has 140 valence electrons. The van der Waals surface area contributed by atoms with Crippen molar-refractivity contribution < 1.29 is 27.2 Å². The van der Waals surface area contributed by atoms with Crippen molar-refractivity contribution in [3.8, 4) is 0 Å². The van der Waals surface area contributed by atoms with Crippen molar-refractivity contribution in [1.29, 1.82) is 0 Å². The van der Waals surface area contributed by atoms with Gasteiger partial charge in [-0.2, -0.15) is 13.2 Å². The highest BCUT2D eigenvalue weighted by Gasteiger charge is 2.68. The molecule has 0 aromatic heterocycles. The lowest BCUT2D eigenvalue weighted by atomic mass is 9.94. The van der Waals surface area contributed by atoms with E-state index in [0.717, 1.165) is 22.6 Å². The van der Waals surface area contributed by atoms with Crippen molar-refractivity contribution >= 4 is 11.8 Å². The summed E-state index contributed by atoms with van der Waals surface area (Å²) in [5.74, 6) is -2.55. The van der Waals surface area contributed by atoms with Gasteiger partial charge in [-0.25, -0.2) is 4.39 Å². The maximum Gasteiger partial charge on any atom is 0.416 e. The van der Waals surface area contributed by atoms with Crippen LogP contribution in [-0.4, -0.2) is 16.7 Å². The van der Waals surface area contributed by atoms with Gasteiger partial charge in [0.25, 0.3) is 0 Å². The molecule has 2 atom stereocenters. The third kappa shape index (κ3) is 2.91. The summed E-state index contributed by atoms with van der Waals surface area (Å²) in [5.41, 5.74) is -1.56. The Morgan fingerprint density at radius 1 is 1.07 bits per heavy atom. The first kappa shape index (κ1) is 17.7. The molecule has 2 aromatic carbocycles. The van der Waals surface area contributed by atoms with Gasteiger partial charge in [0.2, 0.25) is 11.8 Å². The second-order valence-corrected chi connectivity index (χ2v) is 7.09. The number of likely N-dealkylation sites (tertiary alicyclic amines) is 1. The van der Waals surface area contributed by atoms with E-state index in [9.17, 15) is 27.2 Å². The number of benzene rings is 2. The van der Waals surface area contributed by atoms with Crippen molar-refractivity contribution in [2.24, 2.45) is 5.41 Å². The fourth-order valence-corrected chi connectivity index (χ4v) is 3.97. The van der Waals surface area contributed by atoms with Crippen LogP contribution in [-0.2, 0) is 22.3 Å². The van der Waals surface area contributed by atoms with Crippen LogP contribution in [0, 0.1) is 11.2 Å². The Kier molecular flexibility index (Phi) is 3.87. The molecule has 27 heavy (non-hydrogen) atoms. The van der Waals surface area contributed by atoms with Gasteiger partial charge in [-0.1, -0.05) is 36.4 Å². The van der Waals surface area contributed by atoms with Crippen molar-refractivity contribution in [1.82, 2.24) is 4.90 Å². The van der Waals surface area contributed by atoms with Crippen molar-refractivity contribution in [3.63, 3.8) is 0 Å². The number of carbonyl (C=O) groups is 2. The summed E-state index contributed by atoms with van der Waals surface area (Å²) < 4.78 is 53.2. The normalized spacial score (nSPS) is 24.7. The SMILES string of the molecule is O=C1C[C@]2(C[C@H]2c2ccc(F)cc2C(F)(F)F)C(=O)N1Cc1ccccc1. The Balaban J connectivity index is 1.63. The van der Waals surface area contributed by atoms with Gasteiger partial charge >= 0.3 is 6.18 Å². The zero-order chi connectivity index (χ0) is 19.4. The molecule has 2 aromatic rings. The summed E-state index contributed by atoms with van der Waals surface area (Å²) >= 11 is 0. The van der Waals surface area contributed by atoms with Crippen LogP contribution in [0.4, 0.5) is 17.6 Å². The Hall–Kier alpha value is -2.70. The van der Waals surface area contributed by atoms with Gasteiger partial charge < -0.3 is 0 Å².